The predicted molar refractivity (Wildman–Crippen MR) is 116 cm³/mol. The lowest BCUT2D eigenvalue weighted by Gasteiger charge is -2.08. The third-order valence-corrected chi connectivity index (χ3v) is 5.45. The molecule has 2 aromatic heterocycles. The van der Waals surface area contributed by atoms with Crippen LogP contribution in [0.2, 0.25) is 0 Å². The Hall–Kier alpha value is -3.32. The van der Waals surface area contributed by atoms with Gasteiger partial charge in [-0.2, -0.15) is 10.3 Å². The van der Waals surface area contributed by atoms with E-state index in [4.69, 9.17) is 5.10 Å². The number of aliphatic hydroxyl groups excluding tert-OH is 1. The standard InChI is InChI=1S/C23H26N6O/c1-3-4-13-29-16(2)21(15-30)22(26-29)14-17-9-11-18(12-10-17)19-7-5-6-8-20(19)23-24-27-28-25-23/h5-12,30H,3-4,13-15H2,1-2H3,(H,24,25,27,28). The Morgan fingerprint density at radius 2 is 1.80 bits per heavy atom. The van der Waals surface area contributed by atoms with Gasteiger partial charge in [0, 0.05) is 29.8 Å². The maximum absolute atomic E-state index is 9.86. The molecule has 4 rings (SSSR count). The molecule has 0 atom stereocenters. The van der Waals surface area contributed by atoms with Gasteiger partial charge in [-0.1, -0.05) is 61.9 Å². The molecule has 2 heterocycles. The highest BCUT2D eigenvalue weighted by Gasteiger charge is 2.15. The summed E-state index contributed by atoms with van der Waals surface area (Å²) in [6, 6.07) is 16.5. The molecule has 2 N–H and O–H groups in total. The van der Waals surface area contributed by atoms with Gasteiger partial charge < -0.3 is 5.11 Å². The smallest absolute Gasteiger partial charge is 0.205 e. The first kappa shape index (κ1) is 20.0. The first-order chi connectivity index (χ1) is 14.7. The number of nitrogens with zero attached hydrogens (tertiary/aromatic N) is 5. The van der Waals surface area contributed by atoms with E-state index in [1.165, 1.54) is 0 Å². The number of benzene rings is 2. The number of tetrazole rings is 1. The Morgan fingerprint density at radius 3 is 2.47 bits per heavy atom. The molecule has 0 aliphatic carbocycles. The molecule has 0 radical (unpaired) electrons. The molecule has 7 heteroatoms. The van der Waals surface area contributed by atoms with Gasteiger partial charge in [0.15, 0.2) is 0 Å². The number of rotatable bonds is 8. The summed E-state index contributed by atoms with van der Waals surface area (Å²) in [6.07, 6.45) is 2.90. The summed E-state index contributed by atoms with van der Waals surface area (Å²) < 4.78 is 2.03. The van der Waals surface area contributed by atoms with Crippen LogP contribution in [0.3, 0.4) is 0 Å². The summed E-state index contributed by atoms with van der Waals surface area (Å²) in [6.45, 7) is 5.12. The summed E-state index contributed by atoms with van der Waals surface area (Å²) in [5, 5.41) is 29.0. The second kappa shape index (κ2) is 9.00. The lowest BCUT2D eigenvalue weighted by Crippen LogP contribution is -2.02. The molecule has 30 heavy (non-hydrogen) atoms. The molecule has 0 aliphatic heterocycles. The number of aliphatic hydroxyl groups is 1. The molecule has 2 aromatic carbocycles. The fourth-order valence-corrected chi connectivity index (χ4v) is 3.72. The van der Waals surface area contributed by atoms with Crippen molar-refractivity contribution in [2.45, 2.75) is 46.3 Å². The van der Waals surface area contributed by atoms with Gasteiger partial charge in [0.05, 0.1) is 12.3 Å². The zero-order valence-electron chi connectivity index (χ0n) is 17.3. The number of H-pyrrole nitrogens is 1. The lowest BCUT2D eigenvalue weighted by atomic mass is 9.97. The van der Waals surface area contributed by atoms with Gasteiger partial charge in [0.2, 0.25) is 5.82 Å². The minimum atomic E-state index is 0.0173. The van der Waals surface area contributed by atoms with Gasteiger partial charge in [-0.3, -0.25) is 4.68 Å². The minimum Gasteiger partial charge on any atom is -0.392 e. The number of hydrogen-bond donors (Lipinski definition) is 2. The van der Waals surface area contributed by atoms with Crippen LogP contribution in [0.1, 0.15) is 42.3 Å². The van der Waals surface area contributed by atoms with E-state index >= 15 is 0 Å². The molecule has 0 spiro atoms. The van der Waals surface area contributed by atoms with Crippen molar-refractivity contribution < 1.29 is 5.11 Å². The van der Waals surface area contributed by atoms with Crippen LogP contribution in [-0.2, 0) is 19.6 Å². The number of hydrogen-bond acceptors (Lipinski definition) is 5. The number of aryl methyl sites for hydroxylation is 1. The maximum atomic E-state index is 9.86. The highest BCUT2D eigenvalue weighted by atomic mass is 16.3. The second-order valence-electron chi connectivity index (χ2n) is 7.40. The van der Waals surface area contributed by atoms with Crippen molar-refractivity contribution in [3.63, 3.8) is 0 Å². The Balaban J connectivity index is 1.59. The van der Waals surface area contributed by atoms with Crippen molar-refractivity contribution in [3.8, 4) is 22.5 Å². The van der Waals surface area contributed by atoms with Gasteiger partial charge in [-0.05, 0) is 35.2 Å². The van der Waals surface area contributed by atoms with Gasteiger partial charge >= 0.3 is 0 Å². The van der Waals surface area contributed by atoms with E-state index in [0.29, 0.717) is 12.2 Å². The highest BCUT2D eigenvalue weighted by molar-refractivity contribution is 5.80. The largest absolute Gasteiger partial charge is 0.392 e. The molecule has 0 aliphatic rings. The molecule has 0 amide bonds. The molecule has 0 bridgehead atoms. The third-order valence-electron chi connectivity index (χ3n) is 5.45. The molecular weight excluding hydrogens is 376 g/mol. The molecule has 0 unspecified atom stereocenters. The Bertz CT molecular complexity index is 1100. The lowest BCUT2D eigenvalue weighted by molar-refractivity contribution is 0.279. The predicted octanol–water partition coefficient (Wildman–Crippen LogP) is 3.92. The average molecular weight is 403 g/mol. The SMILES string of the molecule is CCCCn1nc(Cc2ccc(-c3ccccc3-c3nn[nH]n3)cc2)c(CO)c1C. The molecule has 4 aromatic rings. The van der Waals surface area contributed by atoms with Crippen molar-refractivity contribution in [2.24, 2.45) is 0 Å². The topological polar surface area (TPSA) is 92.5 Å². The molecule has 0 saturated carbocycles. The normalized spacial score (nSPS) is 11.2. The van der Waals surface area contributed by atoms with Crippen LogP contribution < -0.4 is 0 Å². The molecule has 0 fully saturated rings. The van der Waals surface area contributed by atoms with Crippen LogP contribution >= 0.6 is 0 Å². The van der Waals surface area contributed by atoms with E-state index in [9.17, 15) is 5.11 Å². The first-order valence-corrected chi connectivity index (χ1v) is 10.3. The van der Waals surface area contributed by atoms with Gasteiger partial charge in [0.1, 0.15) is 0 Å². The van der Waals surface area contributed by atoms with Crippen molar-refractivity contribution in [1.29, 1.82) is 0 Å². The summed E-state index contributed by atoms with van der Waals surface area (Å²) in [5.74, 6) is 0.579. The van der Waals surface area contributed by atoms with E-state index in [1.54, 1.807) is 0 Å². The zero-order valence-corrected chi connectivity index (χ0v) is 17.3. The second-order valence-corrected chi connectivity index (χ2v) is 7.40. The fraction of sp³-hybridized carbons (Fsp3) is 0.304. The zero-order chi connectivity index (χ0) is 20.9. The van der Waals surface area contributed by atoms with E-state index in [-0.39, 0.29) is 6.61 Å². The monoisotopic (exact) mass is 402 g/mol. The molecule has 154 valence electrons. The number of unbranched alkanes of at least 4 members (excludes halogenated alkanes) is 1. The first-order valence-electron chi connectivity index (χ1n) is 10.3. The van der Waals surface area contributed by atoms with Gasteiger partial charge in [-0.25, -0.2) is 0 Å². The molecule has 7 nitrogen and oxygen atoms in total. The van der Waals surface area contributed by atoms with Crippen LogP contribution in [0, 0.1) is 6.92 Å². The minimum absolute atomic E-state index is 0.0173. The Kier molecular flexibility index (Phi) is 5.99. The number of aromatic amines is 1. The fourth-order valence-electron chi connectivity index (χ4n) is 3.72. The van der Waals surface area contributed by atoms with Crippen molar-refractivity contribution in [2.75, 3.05) is 0 Å². The highest BCUT2D eigenvalue weighted by Crippen LogP contribution is 2.30. The average Bonchev–Trinajstić information content (AvgIpc) is 3.41. The van der Waals surface area contributed by atoms with Crippen molar-refractivity contribution in [1.82, 2.24) is 30.4 Å². The molecular formula is C23H26N6O. The number of nitrogens with one attached hydrogen (secondary N) is 1. The van der Waals surface area contributed by atoms with Crippen molar-refractivity contribution >= 4 is 0 Å². The van der Waals surface area contributed by atoms with E-state index in [1.807, 2.05) is 29.8 Å². The van der Waals surface area contributed by atoms with Gasteiger partial charge in [-0.15, -0.1) is 10.2 Å². The Labute approximate surface area is 175 Å². The maximum Gasteiger partial charge on any atom is 0.205 e. The third kappa shape index (κ3) is 4.02. The van der Waals surface area contributed by atoms with E-state index in [2.05, 4.69) is 57.9 Å². The van der Waals surface area contributed by atoms with Crippen LogP contribution in [0.4, 0.5) is 0 Å². The summed E-state index contributed by atoms with van der Waals surface area (Å²) in [4.78, 5) is 0. The van der Waals surface area contributed by atoms with E-state index < -0.39 is 0 Å². The quantitative estimate of drug-likeness (QED) is 0.466. The number of aromatic nitrogens is 6. The van der Waals surface area contributed by atoms with Crippen LogP contribution in [0.25, 0.3) is 22.5 Å². The van der Waals surface area contributed by atoms with Gasteiger partial charge in [0.25, 0.3) is 0 Å². The summed E-state index contributed by atoms with van der Waals surface area (Å²) >= 11 is 0. The van der Waals surface area contributed by atoms with Crippen molar-refractivity contribution in [3.05, 3.63) is 71.0 Å². The molecule has 0 saturated heterocycles. The van der Waals surface area contributed by atoms with Crippen LogP contribution in [-0.4, -0.2) is 35.5 Å². The summed E-state index contributed by atoms with van der Waals surface area (Å²) in [5.41, 5.74) is 7.19. The van der Waals surface area contributed by atoms with Crippen LogP contribution in [0.5, 0.6) is 0 Å². The van der Waals surface area contributed by atoms with E-state index in [0.717, 1.165) is 58.6 Å². The summed E-state index contributed by atoms with van der Waals surface area (Å²) in [7, 11) is 0. The Morgan fingerprint density at radius 1 is 1.03 bits per heavy atom. The van der Waals surface area contributed by atoms with Crippen LogP contribution in [0.15, 0.2) is 48.5 Å².